The van der Waals surface area contributed by atoms with Crippen molar-refractivity contribution in [3.8, 4) is 5.88 Å². The Labute approximate surface area is 121 Å². The van der Waals surface area contributed by atoms with Gasteiger partial charge in [0.2, 0.25) is 15.9 Å². The van der Waals surface area contributed by atoms with E-state index in [1.807, 2.05) is 0 Å². The molecule has 7 nitrogen and oxygen atoms in total. The van der Waals surface area contributed by atoms with E-state index in [0.717, 1.165) is 10.4 Å². The minimum absolute atomic E-state index is 0.0194. The Hall–Kier alpha value is -1.45. The summed E-state index contributed by atoms with van der Waals surface area (Å²) in [6.45, 7) is 1.77. The number of nitrogens with zero attached hydrogens (tertiary/aromatic N) is 2. The van der Waals surface area contributed by atoms with Crippen LogP contribution in [-0.2, 0) is 16.4 Å². The second kappa shape index (κ2) is 6.33. The molecule has 1 atom stereocenters. The minimum Gasteiger partial charge on any atom is -0.480 e. The molecule has 0 fully saturated rings. The standard InChI is InChI=1S/C11H15N3O4S2/c1-8(10-5-11(17-2)13-19-10)14-20(15,16)4-3-9-6-12-18-7-9/h5-8,14H,3-4H2,1-2H3. The van der Waals surface area contributed by atoms with Gasteiger partial charge in [0, 0.05) is 16.5 Å². The van der Waals surface area contributed by atoms with Gasteiger partial charge in [-0.15, -0.1) is 0 Å². The van der Waals surface area contributed by atoms with E-state index < -0.39 is 10.0 Å². The number of sulfonamides is 1. The van der Waals surface area contributed by atoms with Gasteiger partial charge in [-0.1, -0.05) is 5.16 Å². The number of ether oxygens (including phenoxy) is 1. The fourth-order valence-electron chi connectivity index (χ4n) is 1.56. The highest BCUT2D eigenvalue weighted by atomic mass is 32.2. The SMILES string of the molecule is COc1cc(C(C)NS(=O)(=O)CCc2cnoc2)sn1. The van der Waals surface area contributed by atoms with Crippen molar-refractivity contribution in [1.29, 1.82) is 0 Å². The molecule has 0 spiro atoms. The van der Waals surface area contributed by atoms with Crippen molar-refractivity contribution in [2.75, 3.05) is 12.9 Å². The second-order valence-corrected chi connectivity index (χ2v) is 6.92. The molecule has 1 N–H and O–H groups in total. The van der Waals surface area contributed by atoms with Gasteiger partial charge in [-0.3, -0.25) is 0 Å². The van der Waals surface area contributed by atoms with E-state index in [0.29, 0.717) is 12.3 Å². The normalized spacial score (nSPS) is 13.3. The Morgan fingerprint density at radius 1 is 1.55 bits per heavy atom. The number of aromatic nitrogens is 2. The summed E-state index contributed by atoms with van der Waals surface area (Å²) in [7, 11) is -1.86. The van der Waals surface area contributed by atoms with Gasteiger partial charge in [-0.05, 0) is 24.9 Å². The number of rotatable bonds is 7. The summed E-state index contributed by atoms with van der Waals surface area (Å²) in [5.41, 5.74) is 0.752. The number of hydrogen-bond donors (Lipinski definition) is 1. The second-order valence-electron chi connectivity index (χ2n) is 4.21. The quantitative estimate of drug-likeness (QED) is 0.828. The molecule has 2 aromatic heterocycles. The van der Waals surface area contributed by atoms with Crippen LogP contribution in [0.2, 0.25) is 0 Å². The average molecular weight is 317 g/mol. The third-order valence-electron chi connectivity index (χ3n) is 2.64. The summed E-state index contributed by atoms with van der Waals surface area (Å²) in [5, 5.41) is 3.53. The first-order chi connectivity index (χ1) is 9.50. The minimum atomic E-state index is -3.38. The predicted octanol–water partition coefficient (Wildman–Crippen LogP) is 1.36. The van der Waals surface area contributed by atoms with Crippen LogP contribution in [0.1, 0.15) is 23.4 Å². The molecule has 0 amide bonds. The molecule has 9 heteroatoms. The monoisotopic (exact) mass is 317 g/mol. The smallest absolute Gasteiger partial charge is 0.225 e. The van der Waals surface area contributed by atoms with Crippen LogP contribution in [0.4, 0.5) is 0 Å². The van der Waals surface area contributed by atoms with Gasteiger partial charge in [0.1, 0.15) is 6.26 Å². The molecule has 110 valence electrons. The van der Waals surface area contributed by atoms with Gasteiger partial charge in [-0.2, -0.15) is 4.37 Å². The summed E-state index contributed by atoms with van der Waals surface area (Å²) in [4.78, 5) is 0.801. The van der Waals surface area contributed by atoms with Crippen LogP contribution in [0.25, 0.3) is 0 Å². The molecule has 0 aliphatic rings. The van der Waals surface area contributed by atoms with Crippen molar-refractivity contribution in [2.24, 2.45) is 0 Å². The molecular formula is C11H15N3O4S2. The molecule has 0 bridgehead atoms. The van der Waals surface area contributed by atoms with Gasteiger partial charge in [-0.25, -0.2) is 13.1 Å². The van der Waals surface area contributed by atoms with Gasteiger partial charge < -0.3 is 9.26 Å². The van der Waals surface area contributed by atoms with E-state index in [2.05, 4.69) is 18.8 Å². The molecule has 0 aliphatic carbocycles. The van der Waals surface area contributed by atoms with Gasteiger partial charge in [0.05, 0.1) is 25.1 Å². The van der Waals surface area contributed by atoms with Crippen LogP contribution >= 0.6 is 11.5 Å². The van der Waals surface area contributed by atoms with E-state index in [9.17, 15) is 8.42 Å². The lowest BCUT2D eigenvalue weighted by atomic mass is 10.3. The number of hydrogen-bond acceptors (Lipinski definition) is 7. The van der Waals surface area contributed by atoms with Gasteiger partial charge in [0.25, 0.3) is 0 Å². The predicted molar refractivity (Wildman–Crippen MR) is 74.2 cm³/mol. The fraction of sp³-hybridized carbons (Fsp3) is 0.455. The van der Waals surface area contributed by atoms with E-state index in [1.54, 1.807) is 13.0 Å². The Balaban J connectivity index is 1.93. The molecule has 2 aromatic rings. The van der Waals surface area contributed by atoms with Crippen LogP contribution in [0, 0.1) is 0 Å². The molecule has 0 aromatic carbocycles. The molecule has 20 heavy (non-hydrogen) atoms. The maximum atomic E-state index is 12.0. The first kappa shape index (κ1) is 14.9. The van der Waals surface area contributed by atoms with Crippen molar-refractivity contribution < 1.29 is 17.7 Å². The first-order valence-electron chi connectivity index (χ1n) is 5.89. The van der Waals surface area contributed by atoms with Crippen molar-refractivity contribution in [2.45, 2.75) is 19.4 Å². The Morgan fingerprint density at radius 3 is 2.95 bits per heavy atom. The van der Waals surface area contributed by atoms with Crippen LogP contribution in [-0.4, -0.2) is 30.8 Å². The fourth-order valence-corrected chi connectivity index (χ4v) is 3.62. The zero-order chi connectivity index (χ0) is 14.6. The summed E-state index contributed by atoms with van der Waals surface area (Å²) < 4.78 is 40.2. The summed E-state index contributed by atoms with van der Waals surface area (Å²) in [5.74, 6) is 0.467. The Kier molecular flexibility index (Phi) is 4.73. The molecule has 0 aliphatic heterocycles. The molecule has 0 radical (unpaired) electrons. The Morgan fingerprint density at radius 2 is 2.35 bits per heavy atom. The topological polar surface area (TPSA) is 94.3 Å². The largest absolute Gasteiger partial charge is 0.480 e. The number of methoxy groups -OCH3 is 1. The van der Waals surface area contributed by atoms with E-state index in [-0.39, 0.29) is 11.8 Å². The van der Waals surface area contributed by atoms with Crippen molar-refractivity contribution >= 4 is 21.6 Å². The van der Waals surface area contributed by atoms with Crippen LogP contribution in [0.3, 0.4) is 0 Å². The van der Waals surface area contributed by atoms with Crippen LogP contribution in [0.15, 0.2) is 23.0 Å². The third-order valence-corrected chi connectivity index (χ3v) is 5.05. The van der Waals surface area contributed by atoms with Crippen molar-refractivity contribution in [3.63, 3.8) is 0 Å². The van der Waals surface area contributed by atoms with Gasteiger partial charge in [0.15, 0.2) is 0 Å². The van der Waals surface area contributed by atoms with E-state index >= 15 is 0 Å². The zero-order valence-electron chi connectivity index (χ0n) is 11.1. The lowest BCUT2D eigenvalue weighted by Gasteiger charge is -2.11. The molecule has 2 heterocycles. The van der Waals surface area contributed by atoms with E-state index in [1.165, 1.54) is 31.1 Å². The zero-order valence-corrected chi connectivity index (χ0v) is 12.7. The van der Waals surface area contributed by atoms with Crippen molar-refractivity contribution in [3.05, 3.63) is 29.0 Å². The summed E-state index contributed by atoms with van der Waals surface area (Å²) >= 11 is 1.21. The molecule has 2 rings (SSSR count). The highest BCUT2D eigenvalue weighted by Crippen LogP contribution is 2.23. The molecule has 0 saturated carbocycles. The number of nitrogens with one attached hydrogen (secondary N) is 1. The molecule has 1 unspecified atom stereocenters. The first-order valence-corrected chi connectivity index (χ1v) is 8.31. The Bertz CT molecular complexity index is 636. The maximum Gasteiger partial charge on any atom is 0.225 e. The van der Waals surface area contributed by atoms with Crippen LogP contribution < -0.4 is 9.46 Å². The lowest BCUT2D eigenvalue weighted by Crippen LogP contribution is -2.29. The highest BCUT2D eigenvalue weighted by Gasteiger charge is 2.18. The van der Waals surface area contributed by atoms with Gasteiger partial charge >= 0.3 is 0 Å². The third kappa shape index (κ3) is 4.02. The maximum absolute atomic E-state index is 12.0. The molecule has 0 saturated heterocycles. The number of aryl methyl sites for hydroxylation is 1. The summed E-state index contributed by atoms with van der Waals surface area (Å²) in [6, 6.07) is 1.38. The van der Waals surface area contributed by atoms with E-state index in [4.69, 9.17) is 4.74 Å². The highest BCUT2D eigenvalue weighted by molar-refractivity contribution is 7.89. The van der Waals surface area contributed by atoms with Crippen LogP contribution in [0.5, 0.6) is 5.88 Å². The summed E-state index contributed by atoms with van der Waals surface area (Å²) in [6.07, 6.45) is 3.30. The van der Waals surface area contributed by atoms with Crippen molar-refractivity contribution in [1.82, 2.24) is 14.3 Å². The lowest BCUT2D eigenvalue weighted by molar-refractivity contribution is 0.402. The molecular weight excluding hydrogens is 302 g/mol. The average Bonchev–Trinajstić information content (AvgIpc) is 3.07.